The van der Waals surface area contributed by atoms with Crippen LogP contribution in [0.4, 0.5) is 13.2 Å². The molecule has 0 unspecified atom stereocenters. The van der Waals surface area contributed by atoms with Crippen molar-refractivity contribution in [3.8, 4) is 0 Å². The number of aryl methyl sites for hydroxylation is 1. The summed E-state index contributed by atoms with van der Waals surface area (Å²) in [5, 5.41) is 2.64. The fourth-order valence-electron chi connectivity index (χ4n) is 2.90. The highest BCUT2D eigenvalue weighted by Crippen LogP contribution is 2.28. The molecule has 1 aromatic rings. The maximum atomic E-state index is 12.3. The second kappa shape index (κ2) is 7.83. The minimum Gasteiger partial charge on any atom is -0.368 e. The summed E-state index contributed by atoms with van der Waals surface area (Å²) in [4.78, 5) is 26.7. The first kappa shape index (κ1) is 18.5. The molecule has 1 fully saturated rings. The van der Waals surface area contributed by atoms with Crippen molar-refractivity contribution in [3.63, 3.8) is 0 Å². The SMILES string of the molecule is Cc1cc(=O)c(C(=O)NC[C@@H]2CCCC[C@@H]2OCC(F)(F)F)c[nH]1. The molecule has 1 amide bonds. The van der Waals surface area contributed by atoms with Crippen LogP contribution in [-0.4, -0.2) is 36.3 Å². The van der Waals surface area contributed by atoms with Crippen LogP contribution in [0.15, 0.2) is 17.1 Å². The van der Waals surface area contributed by atoms with E-state index >= 15 is 0 Å². The number of H-pyrrole nitrogens is 1. The van der Waals surface area contributed by atoms with Crippen LogP contribution in [0.1, 0.15) is 41.7 Å². The number of halogens is 3. The van der Waals surface area contributed by atoms with E-state index in [1.807, 2.05) is 0 Å². The third-order valence-electron chi connectivity index (χ3n) is 4.13. The zero-order valence-electron chi connectivity index (χ0n) is 13.4. The lowest BCUT2D eigenvalue weighted by molar-refractivity contribution is -0.193. The predicted octanol–water partition coefficient (Wildman–Crippen LogP) is 2.55. The molecule has 0 spiro atoms. The fraction of sp³-hybridized carbons (Fsp3) is 0.625. The lowest BCUT2D eigenvalue weighted by Gasteiger charge is -2.31. The van der Waals surface area contributed by atoms with E-state index in [0.29, 0.717) is 18.5 Å². The van der Waals surface area contributed by atoms with Gasteiger partial charge in [-0.2, -0.15) is 13.2 Å². The number of rotatable bonds is 5. The number of amides is 1. The largest absolute Gasteiger partial charge is 0.411 e. The maximum absolute atomic E-state index is 12.3. The minimum absolute atomic E-state index is 0.0100. The van der Waals surface area contributed by atoms with Gasteiger partial charge in [0.25, 0.3) is 5.91 Å². The van der Waals surface area contributed by atoms with Gasteiger partial charge in [0.1, 0.15) is 12.2 Å². The van der Waals surface area contributed by atoms with Crippen molar-refractivity contribution in [2.45, 2.75) is 44.9 Å². The molecule has 2 atom stereocenters. The zero-order valence-corrected chi connectivity index (χ0v) is 13.4. The van der Waals surface area contributed by atoms with Gasteiger partial charge < -0.3 is 15.0 Å². The Morgan fingerprint density at radius 1 is 1.38 bits per heavy atom. The molecule has 8 heteroatoms. The van der Waals surface area contributed by atoms with Crippen LogP contribution in [0.5, 0.6) is 0 Å². The summed E-state index contributed by atoms with van der Waals surface area (Å²) < 4.78 is 41.9. The Kier molecular flexibility index (Phi) is 6.04. The molecule has 5 nitrogen and oxygen atoms in total. The van der Waals surface area contributed by atoms with E-state index in [2.05, 4.69) is 10.3 Å². The van der Waals surface area contributed by atoms with E-state index in [0.717, 1.165) is 12.8 Å². The minimum atomic E-state index is -4.36. The number of carbonyl (C=O) groups excluding carboxylic acids is 1. The van der Waals surface area contributed by atoms with Crippen molar-refractivity contribution in [2.24, 2.45) is 5.92 Å². The Bertz CT molecular complexity index is 628. The highest BCUT2D eigenvalue weighted by molar-refractivity contribution is 5.93. The van der Waals surface area contributed by atoms with Gasteiger partial charge in [-0.15, -0.1) is 0 Å². The van der Waals surface area contributed by atoms with Gasteiger partial charge in [-0.1, -0.05) is 12.8 Å². The summed E-state index contributed by atoms with van der Waals surface area (Å²) in [5.41, 5.74) is 0.242. The molecule has 0 saturated heterocycles. The van der Waals surface area contributed by atoms with Gasteiger partial charge >= 0.3 is 6.18 Å². The van der Waals surface area contributed by atoms with Crippen molar-refractivity contribution in [3.05, 3.63) is 33.7 Å². The van der Waals surface area contributed by atoms with Gasteiger partial charge in [0, 0.05) is 30.4 Å². The molecule has 1 heterocycles. The van der Waals surface area contributed by atoms with Crippen LogP contribution in [0, 0.1) is 12.8 Å². The predicted molar refractivity (Wildman–Crippen MR) is 81.9 cm³/mol. The number of alkyl halides is 3. The standard InChI is InChI=1S/C16H21F3N2O3/c1-10-6-13(22)12(8-20-10)15(23)21-7-11-4-2-3-5-14(11)24-9-16(17,18)19/h6,8,11,14H,2-5,7,9H2,1H3,(H,20,22)(H,21,23)/t11-,14-/m0/s1. The summed E-state index contributed by atoms with van der Waals surface area (Å²) in [5.74, 6) is -0.717. The summed E-state index contributed by atoms with van der Waals surface area (Å²) in [6.45, 7) is 0.613. The zero-order chi connectivity index (χ0) is 17.7. The average molecular weight is 346 g/mol. The number of aromatic amines is 1. The summed E-state index contributed by atoms with van der Waals surface area (Å²) in [6, 6.07) is 1.32. The first-order valence-electron chi connectivity index (χ1n) is 7.92. The van der Waals surface area contributed by atoms with E-state index in [4.69, 9.17) is 4.74 Å². The van der Waals surface area contributed by atoms with Gasteiger partial charge in [-0.05, 0) is 19.8 Å². The molecule has 2 N–H and O–H groups in total. The Morgan fingerprint density at radius 2 is 2.08 bits per heavy atom. The monoisotopic (exact) mass is 346 g/mol. The van der Waals surface area contributed by atoms with Crippen LogP contribution in [0.2, 0.25) is 0 Å². The normalized spacial score (nSPS) is 21.5. The molecule has 1 aromatic heterocycles. The third-order valence-corrected chi connectivity index (χ3v) is 4.13. The molecule has 0 aromatic carbocycles. The van der Waals surface area contributed by atoms with Crippen LogP contribution < -0.4 is 10.7 Å². The van der Waals surface area contributed by atoms with Crippen LogP contribution in [-0.2, 0) is 4.74 Å². The molecule has 1 aliphatic rings. The van der Waals surface area contributed by atoms with Crippen LogP contribution in [0.25, 0.3) is 0 Å². The topological polar surface area (TPSA) is 71.2 Å². The Morgan fingerprint density at radius 3 is 2.75 bits per heavy atom. The lowest BCUT2D eigenvalue weighted by Crippen LogP contribution is -2.40. The molecule has 2 rings (SSSR count). The molecule has 134 valence electrons. The number of aromatic nitrogens is 1. The molecule has 1 aliphatic carbocycles. The van der Waals surface area contributed by atoms with Crippen molar-refractivity contribution < 1.29 is 22.7 Å². The van der Waals surface area contributed by atoms with E-state index in [-0.39, 0.29) is 18.0 Å². The fourth-order valence-corrected chi connectivity index (χ4v) is 2.90. The van der Waals surface area contributed by atoms with Gasteiger partial charge in [0.15, 0.2) is 5.43 Å². The maximum Gasteiger partial charge on any atom is 0.411 e. The average Bonchev–Trinajstić information content (AvgIpc) is 2.50. The second-order valence-corrected chi connectivity index (χ2v) is 6.11. The van der Waals surface area contributed by atoms with E-state index in [1.54, 1.807) is 6.92 Å². The van der Waals surface area contributed by atoms with Crippen molar-refractivity contribution in [1.29, 1.82) is 0 Å². The second-order valence-electron chi connectivity index (χ2n) is 6.11. The van der Waals surface area contributed by atoms with Gasteiger partial charge in [0.2, 0.25) is 0 Å². The Hall–Kier alpha value is -1.83. The number of nitrogens with one attached hydrogen (secondary N) is 2. The molecular weight excluding hydrogens is 325 g/mol. The van der Waals surface area contributed by atoms with Gasteiger partial charge in [-0.3, -0.25) is 9.59 Å². The lowest BCUT2D eigenvalue weighted by atomic mass is 9.86. The van der Waals surface area contributed by atoms with Gasteiger partial charge in [0.05, 0.1) is 6.10 Å². The van der Waals surface area contributed by atoms with E-state index in [9.17, 15) is 22.8 Å². The number of hydrogen-bond donors (Lipinski definition) is 2. The molecule has 0 aliphatic heterocycles. The number of carbonyl (C=O) groups is 1. The Labute approximate surface area is 137 Å². The summed E-state index contributed by atoms with van der Waals surface area (Å²) in [6.07, 6.45) is -0.625. The molecule has 0 bridgehead atoms. The third kappa shape index (κ3) is 5.36. The van der Waals surface area contributed by atoms with Crippen LogP contribution in [0.3, 0.4) is 0 Å². The highest BCUT2D eigenvalue weighted by atomic mass is 19.4. The Balaban J connectivity index is 1.92. The van der Waals surface area contributed by atoms with Crippen LogP contribution >= 0.6 is 0 Å². The number of ether oxygens (including phenoxy) is 1. The van der Waals surface area contributed by atoms with E-state index < -0.39 is 30.2 Å². The summed E-state index contributed by atoms with van der Waals surface area (Å²) >= 11 is 0. The number of pyridine rings is 1. The first-order valence-corrected chi connectivity index (χ1v) is 7.92. The van der Waals surface area contributed by atoms with Crippen molar-refractivity contribution in [2.75, 3.05) is 13.2 Å². The highest BCUT2D eigenvalue weighted by Gasteiger charge is 2.33. The van der Waals surface area contributed by atoms with Crippen molar-refractivity contribution in [1.82, 2.24) is 10.3 Å². The first-order chi connectivity index (χ1) is 11.3. The quantitative estimate of drug-likeness (QED) is 0.861. The summed E-state index contributed by atoms with van der Waals surface area (Å²) in [7, 11) is 0. The molecule has 0 radical (unpaired) electrons. The molecule has 24 heavy (non-hydrogen) atoms. The smallest absolute Gasteiger partial charge is 0.368 e. The molecule has 1 saturated carbocycles. The number of hydrogen-bond acceptors (Lipinski definition) is 3. The van der Waals surface area contributed by atoms with E-state index in [1.165, 1.54) is 12.3 Å². The molecular formula is C16H21F3N2O3. The van der Waals surface area contributed by atoms with Crippen molar-refractivity contribution >= 4 is 5.91 Å². The van der Waals surface area contributed by atoms with Gasteiger partial charge in [-0.25, -0.2) is 0 Å².